The number of nitrogens with zero attached hydrogens (tertiary/aromatic N) is 3. The van der Waals surface area contributed by atoms with Crippen LogP contribution in [-0.2, 0) is 10.9 Å². The summed E-state index contributed by atoms with van der Waals surface area (Å²) in [7, 11) is 5.23. The van der Waals surface area contributed by atoms with Crippen LogP contribution in [0.25, 0.3) is 0 Å². The smallest absolute Gasteiger partial charge is 0.380 e. The Kier molecular flexibility index (Phi) is 5.26. The molecule has 2 rings (SSSR count). The molecule has 1 aromatic rings. The number of alkyl halides is 3. The van der Waals surface area contributed by atoms with E-state index in [4.69, 9.17) is 4.74 Å². The molecule has 0 aliphatic carbocycles. The Hall–Kier alpha value is -1.67. The summed E-state index contributed by atoms with van der Waals surface area (Å²) in [6.45, 7) is 1.26. The third kappa shape index (κ3) is 4.20. The van der Waals surface area contributed by atoms with Gasteiger partial charge in [0.25, 0.3) is 5.91 Å². The highest BCUT2D eigenvalue weighted by molar-refractivity contribution is 5.92. The largest absolute Gasteiger partial charge is 0.417 e. The number of methoxy groups -OCH3 is 1. The molecule has 0 bridgehead atoms. The number of amides is 1. The number of halogens is 3. The normalized spacial score (nSPS) is 22.3. The van der Waals surface area contributed by atoms with Crippen LogP contribution < -0.4 is 0 Å². The van der Waals surface area contributed by atoms with E-state index in [1.807, 2.05) is 7.05 Å². The summed E-state index contributed by atoms with van der Waals surface area (Å²) in [6, 6.07) is 2.14. The monoisotopic (exact) mass is 331 g/mol. The molecule has 1 aromatic heterocycles. The van der Waals surface area contributed by atoms with Crippen LogP contribution in [0.2, 0.25) is 0 Å². The molecule has 1 aliphatic heterocycles. The van der Waals surface area contributed by atoms with Crippen molar-refractivity contribution in [3.8, 4) is 0 Å². The quantitative estimate of drug-likeness (QED) is 0.845. The van der Waals surface area contributed by atoms with E-state index >= 15 is 0 Å². The fraction of sp³-hybridized carbons (Fsp3) is 0.600. The van der Waals surface area contributed by atoms with Gasteiger partial charge in [-0.1, -0.05) is 0 Å². The molecule has 1 aliphatic rings. The predicted molar refractivity (Wildman–Crippen MR) is 78.0 cm³/mol. The molecular formula is C15H20F3N3O2. The average Bonchev–Trinajstić information content (AvgIpc) is 2.86. The van der Waals surface area contributed by atoms with Gasteiger partial charge in [-0.3, -0.25) is 14.7 Å². The summed E-state index contributed by atoms with van der Waals surface area (Å²) in [5.74, 6) is -0.395. The van der Waals surface area contributed by atoms with Gasteiger partial charge >= 0.3 is 6.18 Å². The number of ether oxygens (including phenoxy) is 1. The van der Waals surface area contributed by atoms with Crippen molar-refractivity contribution < 1.29 is 22.7 Å². The van der Waals surface area contributed by atoms with E-state index in [1.54, 1.807) is 14.2 Å². The van der Waals surface area contributed by atoms with E-state index in [9.17, 15) is 18.0 Å². The van der Waals surface area contributed by atoms with Crippen LogP contribution in [0, 0.1) is 0 Å². The molecular weight excluding hydrogens is 311 g/mol. The van der Waals surface area contributed by atoms with Gasteiger partial charge in [-0.05, 0) is 25.6 Å². The van der Waals surface area contributed by atoms with Gasteiger partial charge in [-0.25, -0.2) is 0 Å². The van der Waals surface area contributed by atoms with Gasteiger partial charge in [0.2, 0.25) is 0 Å². The molecule has 0 radical (unpaired) electrons. The molecule has 5 nitrogen and oxygen atoms in total. The Bertz CT molecular complexity index is 548. The van der Waals surface area contributed by atoms with Gasteiger partial charge < -0.3 is 9.64 Å². The molecule has 0 spiro atoms. The number of likely N-dealkylation sites (tertiary alicyclic amines) is 1. The van der Waals surface area contributed by atoms with Gasteiger partial charge in [0.05, 0.1) is 11.7 Å². The number of likely N-dealkylation sites (N-methyl/N-ethyl adjacent to an activating group) is 2. The first-order valence-electron chi connectivity index (χ1n) is 7.24. The number of hydrogen-bond acceptors (Lipinski definition) is 4. The summed E-state index contributed by atoms with van der Waals surface area (Å²) < 4.78 is 42.9. The maximum absolute atomic E-state index is 12.5. The maximum Gasteiger partial charge on any atom is 0.417 e. The minimum Gasteiger partial charge on any atom is -0.380 e. The van der Waals surface area contributed by atoms with Crippen molar-refractivity contribution in [1.29, 1.82) is 0 Å². The molecule has 0 N–H and O–H groups in total. The van der Waals surface area contributed by atoms with Crippen molar-refractivity contribution in [3.63, 3.8) is 0 Å². The van der Waals surface area contributed by atoms with Crippen LogP contribution >= 0.6 is 0 Å². The Balaban J connectivity index is 2.00. The fourth-order valence-electron chi connectivity index (χ4n) is 2.70. The van der Waals surface area contributed by atoms with Crippen LogP contribution in [0.5, 0.6) is 0 Å². The third-order valence-electron chi connectivity index (χ3n) is 4.12. The number of carbonyl (C=O) groups excluding carboxylic acids is 1. The summed E-state index contributed by atoms with van der Waals surface area (Å²) in [5, 5.41) is 0. The Labute approximate surface area is 133 Å². The topological polar surface area (TPSA) is 45.7 Å². The van der Waals surface area contributed by atoms with E-state index in [2.05, 4.69) is 9.88 Å². The number of carbonyl (C=O) groups is 1. The standard InChI is InChI=1S/C15H20F3N3O2/c1-20-9-12(23-3)6-11(20)8-21(2)14(22)13-5-4-10(7-19-13)15(16,17)18/h4-5,7,11-12H,6,8-9H2,1-3H3/t11-,12-/m0/s1. The molecule has 8 heteroatoms. The average molecular weight is 331 g/mol. The highest BCUT2D eigenvalue weighted by atomic mass is 19.4. The van der Waals surface area contributed by atoms with Crippen LogP contribution in [-0.4, -0.2) is 67.1 Å². The lowest BCUT2D eigenvalue weighted by Gasteiger charge is -2.25. The van der Waals surface area contributed by atoms with Crippen molar-refractivity contribution >= 4 is 5.91 Å². The molecule has 23 heavy (non-hydrogen) atoms. The third-order valence-corrected chi connectivity index (χ3v) is 4.12. The SMILES string of the molecule is CO[C@H]1C[C@@H](CN(C)C(=O)c2ccc(C(F)(F)F)cn2)N(C)C1. The lowest BCUT2D eigenvalue weighted by Crippen LogP contribution is -2.39. The van der Waals surface area contributed by atoms with Crippen molar-refractivity contribution in [3.05, 3.63) is 29.6 Å². The molecule has 1 fully saturated rings. The fourth-order valence-corrected chi connectivity index (χ4v) is 2.70. The number of hydrogen-bond donors (Lipinski definition) is 0. The van der Waals surface area contributed by atoms with E-state index < -0.39 is 17.6 Å². The Morgan fingerprint density at radius 1 is 1.48 bits per heavy atom. The minimum atomic E-state index is -4.46. The first-order chi connectivity index (χ1) is 10.7. The molecule has 0 saturated carbocycles. The lowest BCUT2D eigenvalue weighted by molar-refractivity contribution is -0.137. The van der Waals surface area contributed by atoms with Crippen molar-refractivity contribution in [2.75, 3.05) is 34.3 Å². The van der Waals surface area contributed by atoms with E-state index in [0.29, 0.717) is 12.7 Å². The van der Waals surface area contributed by atoms with Crippen LogP contribution in [0.1, 0.15) is 22.5 Å². The molecule has 2 atom stereocenters. The Morgan fingerprint density at radius 2 is 2.17 bits per heavy atom. The van der Waals surface area contributed by atoms with Gasteiger partial charge in [-0.2, -0.15) is 13.2 Å². The number of rotatable bonds is 4. The van der Waals surface area contributed by atoms with Gasteiger partial charge in [0.1, 0.15) is 5.69 Å². The van der Waals surface area contributed by atoms with Crippen molar-refractivity contribution in [2.45, 2.75) is 24.7 Å². The zero-order chi connectivity index (χ0) is 17.2. The molecule has 0 unspecified atom stereocenters. The highest BCUT2D eigenvalue weighted by Crippen LogP contribution is 2.28. The Morgan fingerprint density at radius 3 is 2.65 bits per heavy atom. The summed E-state index contributed by atoms with van der Waals surface area (Å²) >= 11 is 0. The van der Waals surface area contributed by atoms with E-state index in [-0.39, 0.29) is 17.8 Å². The highest BCUT2D eigenvalue weighted by Gasteiger charge is 2.32. The molecule has 1 saturated heterocycles. The van der Waals surface area contributed by atoms with Crippen LogP contribution in [0.4, 0.5) is 13.2 Å². The second kappa shape index (κ2) is 6.84. The molecule has 2 heterocycles. The van der Waals surface area contributed by atoms with Gasteiger partial charge in [0.15, 0.2) is 0 Å². The van der Waals surface area contributed by atoms with Crippen LogP contribution in [0.3, 0.4) is 0 Å². The first-order valence-corrected chi connectivity index (χ1v) is 7.24. The second-order valence-electron chi connectivity index (χ2n) is 5.80. The summed E-state index contributed by atoms with van der Waals surface area (Å²) in [6.07, 6.45) is -2.82. The number of pyridine rings is 1. The van der Waals surface area contributed by atoms with E-state index in [1.165, 1.54) is 4.90 Å². The summed E-state index contributed by atoms with van der Waals surface area (Å²) in [4.78, 5) is 19.5. The summed E-state index contributed by atoms with van der Waals surface area (Å²) in [5.41, 5.74) is -0.861. The van der Waals surface area contributed by atoms with Gasteiger partial charge in [-0.15, -0.1) is 0 Å². The molecule has 128 valence electrons. The van der Waals surface area contributed by atoms with E-state index in [0.717, 1.165) is 25.1 Å². The second-order valence-corrected chi connectivity index (χ2v) is 5.80. The van der Waals surface area contributed by atoms with Gasteiger partial charge in [0, 0.05) is 39.5 Å². The maximum atomic E-state index is 12.5. The minimum absolute atomic E-state index is 0.00411. The zero-order valence-corrected chi connectivity index (χ0v) is 13.3. The lowest BCUT2D eigenvalue weighted by atomic mass is 10.2. The number of aromatic nitrogens is 1. The molecule has 1 amide bonds. The predicted octanol–water partition coefficient (Wildman–Crippen LogP) is 1.89. The molecule has 0 aromatic carbocycles. The van der Waals surface area contributed by atoms with Crippen LogP contribution in [0.15, 0.2) is 18.3 Å². The van der Waals surface area contributed by atoms with Crippen molar-refractivity contribution in [1.82, 2.24) is 14.8 Å². The van der Waals surface area contributed by atoms with Crippen molar-refractivity contribution in [2.24, 2.45) is 0 Å². The zero-order valence-electron chi connectivity index (χ0n) is 13.3. The first kappa shape index (κ1) is 17.7.